The van der Waals surface area contributed by atoms with E-state index in [0.717, 1.165) is 25.1 Å². The number of fused-ring (bicyclic) bond motifs is 1. The first kappa shape index (κ1) is 30.5. The molecule has 10 nitrogen and oxygen atoms in total. The number of rotatable bonds is 12. The SMILES string of the molecule is COCCCOc1cc(C(=O)N(C[C@@H]2CNC[C@H]2CN(C)C(=O)O[C@H]2COc3ccccc3O2)C(C)C)ccc1C. The molecule has 1 fully saturated rings. The number of para-hydroxylation sites is 2. The number of hydrogen-bond donors (Lipinski definition) is 1. The Morgan fingerprint density at radius 3 is 2.51 bits per heavy atom. The van der Waals surface area contributed by atoms with Crippen molar-refractivity contribution >= 4 is 12.0 Å². The third kappa shape index (κ3) is 8.04. The van der Waals surface area contributed by atoms with Crippen molar-refractivity contribution in [1.82, 2.24) is 15.1 Å². The van der Waals surface area contributed by atoms with Gasteiger partial charge in [-0.1, -0.05) is 18.2 Å². The molecule has 2 aromatic rings. The maximum atomic E-state index is 13.7. The van der Waals surface area contributed by atoms with Crippen LogP contribution in [0.5, 0.6) is 17.2 Å². The lowest BCUT2D eigenvalue weighted by Crippen LogP contribution is -2.44. The Labute approximate surface area is 242 Å². The zero-order chi connectivity index (χ0) is 29.4. The highest BCUT2D eigenvalue weighted by molar-refractivity contribution is 5.95. The lowest BCUT2D eigenvalue weighted by Gasteiger charge is -2.33. The lowest BCUT2D eigenvalue weighted by atomic mass is 9.94. The van der Waals surface area contributed by atoms with E-state index >= 15 is 0 Å². The molecule has 2 aliphatic rings. The average molecular weight is 570 g/mol. The van der Waals surface area contributed by atoms with Gasteiger partial charge >= 0.3 is 6.09 Å². The normalized spacial score (nSPS) is 19.6. The van der Waals surface area contributed by atoms with E-state index in [1.54, 1.807) is 25.1 Å². The fourth-order valence-corrected chi connectivity index (χ4v) is 5.12. The minimum atomic E-state index is -0.810. The lowest BCUT2D eigenvalue weighted by molar-refractivity contribution is -0.0836. The van der Waals surface area contributed by atoms with Crippen molar-refractivity contribution in [1.29, 1.82) is 0 Å². The second kappa shape index (κ2) is 14.4. The molecule has 0 spiro atoms. The van der Waals surface area contributed by atoms with Crippen molar-refractivity contribution < 1.29 is 33.3 Å². The van der Waals surface area contributed by atoms with E-state index in [9.17, 15) is 9.59 Å². The first-order chi connectivity index (χ1) is 19.8. The fourth-order valence-electron chi connectivity index (χ4n) is 5.12. The molecule has 41 heavy (non-hydrogen) atoms. The minimum Gasteiger partial charge on any atom is -0.493 e. The van der Waals surface area contributed by atoms with Crippen LogP contribution in [-0.4, -0.2) is 94.3 Å². The average Bonchev–Trinajstić information content (AvgIpc) is 3.40. The van der Waals surface area contributed by atoms with Gasteiger partial charge < -0.3 is 38.8 Å². The Kier molecular flexibility index (Phi) is 10.7. The number of benzene rings is 2. The molecule has 4 rings (SSSR count). The first-order valence-electron chi connectivity index (χ1n) is 14.3. The number of carbonyl (C=O) groups is 2. The number of aryl methyl sites for hydroxylation is 1. The van der Waals surface area contributed by atoms with Crippen LogP contribution in [0.1, 0.15) is 36.2 Å². The van der Waals surface area contributed by atoms with Crippen molar-refractivity contribution in [2.45, 2.75) is 39.5 Å². The largest absolute Gasteiger partial charge is 0.493 e. The number of hydrogen-bond acceptors (Lipinski definition) is 8. The minimum absolute atomic E-state index is 0.00477. The molecule has 0 aliphatic carbocycles. The summed E-state index contributed by atoms with van der Waals surface area (Å²) in [6.45, 7) is 9.90. The summed E-state index contributed by atoms with van der Waals surface area (Å²) in [6, 6.07) is 12.9. The Morgan fingerprint density at radius 1 is 1.05 bits per heavy atom. The molecular weight excluding hydrogens is 526 g/mol. The smallest absolute Gasteiger partial charge is 0.412 e. The molecule has 2 heterocycles. The molecule has 0 unspecified atom stereocenters. The van der Waals surface area contributed by atoms with Crippen molar-refractivity contribution in [3.63, 3.8) is 0 Å². The number of carbonyl (C=O) groups excluding carboxylic acids is 2. The van der Waals surface area contributed by atoms with Crippen LogP contribution in [0, 0.1) is 18.8 Å². The number of nitrogens with zero attached hydrogens (tertiary/aromatic N) is 2. The van der Waals surface area contributed by atoms with Gasteiger partial charge in [-0.25, -0.2) is 4.79 Å². The van der Waals surface area contributed by atoms with Crippen LogP contribution < -0.4 is 19.5 Å². The maximum absolute atomic E-state index is 13.7. The highest BCUT2D eigenvalue weighted by atomic mass is 16.7. The van der Waals surface area contributed by atoms with Gasteiger partial charge in [0, 0.05) is 65.0 Å². The van der Waals surface area contributed by atoms with E-state index < -0.39 is 12.4 Å². The second-order valence-corrected chi connectivity index (χ2v) is 11.0. The summed E-state index contributed by atoms with van der Waals surface area (Å²) in [5, 5.41) is 3.44. The van der Waals surface area contributed by atoms with Crippen LogP contribution >= 0.6 is 0 Å². The van der Waals surface area contributed by atoms with Gasteiger partial charge in [0.15, 0.2) is 18.1 Å². The monoisotopic (exact) mass is 569 g/mol. The molecule has 224 valence electrons. The summed E-state index contributed by atoms with van der Waals surface area (Å²) in [6.07, 6.45) is -0.507. The van der Waals surface area contributed by atoms with Crippen LogP contribution in [0.15, 0.2) is 42.5 Å². The van der Waals surface area contributed by atoms with Gasteiger partial charge in [0.05, 0.1) is 6.61 Å². The van der Waals surface area contributed by atoms with Gasteiger partial charge in [0.1, 0.15) is 5.75 Å². The Bertz CT molecular complexity index is 1170. The van der Waals surface area contributed by atoms with E-state index in [0.29, 0.717) is 49.1 Å². The molecule has 0 bridgehead atoms. The summed E-state index contributed by atoms with van der Waals surface area (Å²) in [5.41, 5.74) is 1.59. The van der Waals surface area contributed by atoms with Gasteiger partial charge in [0.2, 0.25) is 0 Å². The summed E-state index contributed by atoms with van der Waals surface area (Å²) < 4.78 is 28.0. The van der Waals surface area contributed by atoms with Crippen molar-refractivity contribution in [3.05, 3.63) is 53.6 Å². The molecule has 0 aromatic heterocycles. The van der Waals surface area contributed by atoms with E-state index in [1.165, 1.54) is 0 Å². The summed E-state index contributed by atoms with van der Waals surface area (Å²) in [4.78, 5) is 30.0. The van der Waals surface area contributed by atoms with E-state index in [1.807, 2.05) is 62.1 Å². The number of ether oxygens (including phenoxy) is 5. The molecule has 10 heteroatoms. The molecule has 2 amide bonds. The predicted molar refractivity (Wildman–Crippen MR) is 155 cm³/mol. The van der Waals surface area contributed by atoms with Crippen LogP contribution in [0.3, 0.4) is 0 Å². The highest BCUT2D eigenvalue weighted by Crippen LogP contribution is 2.31. The quantitative estimate of drug-likeness (QED) is 0.384. The predicted octanol–water partition coefficient (Wildman–Crippen LogP) is 3.96. The zero-order valence-corrected chi connectivity index (χ0v) is 24.8. The Morgan fingerprint density at radius 2 is 1.78 bits per heavy atom. The molecule has 2 aliphatic heterocycles. The van der Waals surface area contributed by atoms with Crippen molar-refractivity contribution in [3.8, 4) is 17.2 Å². The van der Waals surface area contributed by atoms with Gasteiger partial charge in [-0.05, 0) is 62.4 Å². The molecule has 3 atom stereocenters. The maximum Gasteiger partial charge on any atom is 0.412 e. The highest BCUT2D eigenvalue weighted by Gasteiger charge is 2.34. The van der Waals surface area contributed by atoms with Crippen LogP contribution in [0.4, 0.5) is 4.79 Å². The molecular formula is C31H43N3O7. The fraction of sp³-hybridized carbons (Fsp3) is 0.548. The third-order valence-electron chi connectivity index (χ3n) is 7.52. The number of amides is 2. The van der Waals surface area contributed by atoms with Crippen LogP contribution in [-0.2, 0) is 9.47 Å². The van der Waals surface area contributed by atoms with Gasteiger partial charge in [-0.2, -0.15) is 0 Å². The standard InChI is InChI=1S/C31H43N3O7/c1-21(2)34(30(35)23-12-11-22(3)28(15-23)38-14-8-13-37-5)19-25-17-32-16-24(25)18-33(4)31(36)41-29-20-39-26-9-6-7-10-27(26)40-29/h6-7,9-12,15,21,24-25,29,32H,8,13-14,16-20H2,1-5H3/t24-,25-,29-/m0/s1. The van der Waals surface area contributed by atoms with Crippen LogP contribution in [0.25, 0.3) is 0 Å². The van der Waals surface area contributed by atoms with Gasteiger partial charge in [-0.15, -0.1) is 0 Å². The van der Waals surface area contributed by atoms with Gasteiger partial charge in [0.25, 0.3) is 12.2 Å². The van der Waals surface area contributed by atoms with Crippen molar-refractivity contribution in [2.24, 2.45) is 11.8 Å². The molecule has 1 N–H and O–H groups in total. The second-order valence-electron chi connectivity index (χ2n) is 11.0. The van der Waals surface area contributed by atoms with E-state index in [-0.39, 0.29) is 30.4 Å². The molecule has 0 radical (unpaired) electrons. The van der Waals surface area contributed by atoms with E-state index in [4.69, 9.17) is 23.7 Å². The van der Waals surface area contributed by atoms with Crippen LogP contribution in [0.2, 0.25) is 0 Å². The summed E-state index contributed by atoms with van der Waals surface area (Å²) in [5.74, 6) is 2.20. The summed E-state index contributed by atoms with van der Waals surface area (Å²) >= 11 is 0. The van der Waals surface area contributed by atoms with Gasteiger partial charge in [-0.3, -0.25) is 4.79 Å². The molecule has 0 saturated carbocycles. The molecule has 1 saturated heterocycles. The Balaban J connectivity index is 1.34. The van der Waals surface area contributed by atoms with E-state index in [2.05, 4.69) is 5.32 Å². The topological polar surface area (TPSA) is 98.8 Å². The zero-order valence-electron chi connectivity index (χ0n) is 24.8. The first-order valence-corrected chi connectivity index (χ1v) is 14.3. The number of methoxy groups -OCH3 is 1. The van der Waals surface area contributed by atoms with Crippen molar-refractivity contribution in [2.75, 3.05) is 60.2 Å². The number of nitrogens with one attached hydrogen (secondary N) is 1. The Hall–Kier alpha value is -3.50. The third-order valence-corrected chi connectivity index (χ3v) is 7.52. The summed E-state index contributed by atoms with van der Waals surface area (Å²) in [7, 11) is 3.39. The molecule has 2 aromatic carbocycles.